The Kier molecular flexibility index (Phi) is 7.66. The summed E-state index contributed by atoms with van der Waals surface area (Å²) in [6, 6.07) is 16.6. The summed E-state index contributed by atoms with van der Waals surface area (Å²) < 4.78 is 5.55. The van der Waals surface area contributed by atoms with E-state index in [1.54, 1.807) is 24.3 Å². The van der Waals surface area contributed by atoms with Crippen LogP contribution in [-0.4, -0.2) is 30.1 Å². The zero-order chi connectivity index (χ0) is 17.9. The van der Waals surface area contributed by atoms with Crippen LogP contribution in [0.15, 0.2) is 54.6 Å². The van der Waals surface area contributed by atoms with Crippen molar-refractivity contribution in [2.45, 2.75) is 25.9 Å². The van der Waals surface area contributed by atoms with Gasteiger partial charge in [0.05, 0.1) is 12.2 Å². The van der Waals surface area contributed by atoms with Gasteiger partial charge in [-0.05, 0) is 36.1 Å². The molecule has 2 rings (SSSR count). The van der Waals surface area contributed by atoms with Crippen molar-refractivity contribution in [3.63, 3.8) is 0 Å². The molecular formula is C20H23NO4. The van der Waals surface area contributed by atoms with Gasteiger partial charge in [0.25, 0.3) is 0 Å². The Morgan fingerprint density at radius 3 is 2.36 bits per heavy atom. The largest absolute Gasteiger partial charge is 0.478 e. The minimum Gasteiger partial charge on any atom is -0.478 e. The lowest BCUT2D eigenvalue weighted by molar-refractivity contribution is -0.121. The average Bonchev–Trinajstić information content (AvgIpc) is 2.63. The number of carbonyl (C=O) groups excluding carboxylic acids is 1. The van der Waals surface area contributed by atoms with E-state index in [9.17, 15) is 9.59 Å². The number of aromatic carboxylic acids is 1. The number of nitrogens with one attached hydrogen (secondary N) is 1. The van der Waals surface area contributed by atoms with Gasteiger partial charge in [-0.2, -0.15) is 0 Å². The average molecular weight is 341 g/mol. The topological polar surface area (TPSA) is 75.6 Å². The van der Waals surface area contributed by atoms with Crippen LogP contribution in [0, 0.1) is 0 Å². The van der Waals surface area contributed by atoms with Gasteiger partial charge in [0.2, 0.25) is 5.91 Å². The summed E-state index contributed by atoms with van der Waals surface area (Å²) in [5.41, 5.74) is 2.39. The lowest BCUT2D eigenvalue weighted by Gasteiger charge is -2.07. The molecule has 1 amide bonds. The van der Waals surface area contributed by atoms with Crippen molar-refractivity contribution in [1.82, 2.24) is 5.32 Å². The Bertz CT molecular complexity index is 668. The van der Waals surface area contributed by atoms with Crippen molar-refractivity contribution in [3.8, 4) is 0 Å². The molecule has 0 saturated carbocycles. The summed E-state index contributed by atoms with van der Waals surface area (Å²) in [5, 5.41) is 11.7. The van der Waals surface area contributed by atoms with Gasteiger partial charge in [0, 0.05) is 19.6 Å². The van der Waals surface area contributed by atoms with Crippen LogP contribution in [-0.2, 0) is 22.6 Å². The Balaban J connectivity index is 1.54. The number of ether oxygens (including phenoxy) is 1. The number of carboxylic acids is 1. The molecule has 0 aromatic heterocycles. The second kappa shape index (κ2) is 10.3. The highest BCUT2D eigenvalue weighted by atomic mass is 16.5. The van der Waals surface area contributed by atoms with Crippen molar-refractivity contribution >= 4 is 11.9 Å². The van der Waals surface area contributed by atoms with Crippen LogP contribution in [0.25, 0.3) is 0 Å². The first-order chi connectivity index (χ1) is 12.1. The van der Waals surface area contributed by atoms with E-state index in [2.05, 4.69) is 5.32 Å². The Hall–Kier alpha value is -2.66. The molecule has 0 unspecified atom stereocenters. The highest BCUT2D eigenvalue weighted by molar-refractivity contribution is 5.87. The van der Waals surface area contributed by atoms with E-state index in [1.807, 2.05) is 30.3 Å². The van der Waals surface area contributed by atoms with E-state index in [-0.39, 0.29) is 11.5 Å². The highest BCUT2D eigenvalue weighted by Gasteiger charge is 2.03. The molecule has 2 aromatic rings. The molecule has 5 nitrogen and oxygen atoms in total. The van der Waals surface area contributed by atoms with Gasteiger partial charge in [0.15, 0.2) is 0 Å². The molecule has 132 valence electrons. The number of hydrogen-bond acceptors (Lipinski definition) is 3. The number of hydrogen-bond donors (Lipinski definition) is 2. The second-order valence-electron chi connectivity index (χ2n) is 5.74. The number of amides is 1. The number of benzene rings is 2. The third-order valence-corrected chi connectivity index (χ3v) is 3.74. The van der Waals surface area contributed by atoms with E-state index < -0.39 is 5.97 Å². The van der Waals surface area contributed by atoms with Gasteiger partial charge in [-0.1, -0.05) is 42.5 Å². The maximum Gasteiger partial charge on any atom is 0.335 e. The molecule has 0 aliphatic carbocycles. The lowest BCUT2D eigenvalue weighted by atomic mass is 10.1. The quantitative estimate of drug-likeness (QED) is 0.651. The number of rotatable bonds is 10. The van der Waals surface area contributed by atoms with E-state index in [4.69, 9.17) is 9.84 Å². The molecule has 0 saturated heterocycles. The van der Waals surface area contributed by atoms with E-state index in [1.165, 1.54) is 0 Å². The van der Waals surface area contributed by atoms with Crippen LogP contribution in [0.4, 0.5) is 0 Å². The maximum atomic E-state index is 11.8. The van der Waals surface area contributed by atoms with E-state index in [0.717, 1.165) is 11.1 Å². The third-order valence-electron chi connectivity index (χ3n) is 3.74. The number of carboxylic acid groups (broad SMARTS) is 1. The lowest BCUT2D eigenvalue weighted by Crippen LogP contribution is -2.25. The first-order valence-electron chi connectivity index (χ1n) is 8.36. The minimum atomic E-state index is -0.936. The summed E-state index contributed by atoms with van der Waals surface area (Å²) in [4.78, 5) is 22.5. The van der Waals surface area contributed by atoms with Crippen LogP contribution in [0.5, 0.6) is 0 Å². The van der Waals surface area contributed by atoms with Gasteiger partial charge in [-0.15, -0.1) is 0 Å². The fourth-order valence-corrected chi connectivity index (χ4v) is 2.35. The van der Waals surface area contributed by atoms with Crippen molar-refractivity contribution < 1.29 is 19.4 Å². The van der Waals surface area contributed by atoms with Crippen molar-refractivity contribution in [1.29, 1.82) is 0 Å². The zero-order valence-electron chi connectivity index (χ0n) is 14.1. The van der Waals surface area contributed by atoms with Crippen LogP contribution in [0.1, 0.15) is 34.3 Å². The minimum absolute atomic E-state index is 0.00506. The van der Waals surface area contributed by atoms with Crippen LogP contribution < -0.4 is 5.32 Å². The Morgan fingerprint density at radius 1 is 0.960 bits per heavy atom. The molecule has 5 heteroatoms. The summed E-state index contributed by atoms with van der Waals surface area (Å²) in [5.74, 6) is -0.931. The van der Waals surface area contributed by atoms with Gasteiger partial charge >= 0.3 is 5.97 Å². The first kappa shape index (κ1) is 18.7. The van der Waals surface area contributed by atoms with Gasteiger partial charge < -0.3 is 15.2 Å². The van der Waals surface area contributed by atoms with Crippen LogP contribution in [0.2, 0.25) is 0 Å². The highest BCUT2D eigenvalue weighted by Crippen LogP contribution is 2.05. The monoisotopic (exact) mass is 341 g/mol. The molecule has 0 aliphatic heterocycles. The fraction of sp³-hybridized carbons (Fsp3) is 0.300. The standard InChI is InChI=1S/C20H23NO4/c22-19(7-4-14-25-15-17-5-2-1-3-6-17)21-13-12-16-8-10-18(11-9-16)20(23)24/h1-3,5-6,8-11H,4,7,12-15H2,(H,21,22)(H,23,24). The molecule has 25 heavy (non-hydrogen) atoms. The van der Waals surface area contributed by atoms with Crippen LogP contribution in [0.3, 0.4) is 0 Å². The Labute approximate surface area is 147 Å². The number of carbonyl (C=O) groups is 2. The molecular weight excluding hydrogens is 318 g/mol. The molecule has 0 heterocycles. The summed E-state index contributed by atoms with van der Waals surface area (Å²) in [7, 11) is 0. The summed E-state index contributed by atoms with van der Waals surface area (Å²) >= 11 is 0. The van der Waals surface area contributed by atoms with Gasteiger partial charge in [-0.3, -0.25) is 4.79 Å². The van der Waals surface area contributed by atoms with Crippen molar-refractivity contribution in [2.24, 2.45) is 0 Å². The van der Waals surface area contributed by atoms with E-state index >= 15 is 0 Å². The normalized spacial score (nSPS) is 10.4. The smallest absolute Gasteiger partial charge is 0.335 e. The second-order valence-corrected chi connectivity index (χ2v) is 5.74. The van der Waals surface area contributed by atoms with Crippen molar-refractivity contribution in [3.05, 3.63) is 71.3 Å². The van der Waals surface area contributed by atoms with Crippen LogP contribution >= 0.6 is 0 Å². The molecule has 2 aromatic carbocycles. The van der Waals surface area contributed by atoms with Crippen molar-refractivity contribution in [2.75, 3.05) is 13.2 Å². The molecule has 0 radical (unpaired) electrons. The molecule has 2 N–H and O–H groups in total. The predicted molar refractivity (Wildman–Crippen MR) is 95.4 cm³/mol. The molecule has 0 atom stereocenters. The zero-order valence-corrected chi connectivity index (χ0v) is 14.1. The van der Waals surface area contributed by atoms with E-state index in [0.29, 0.717) is 39.0 Å². The maximum absolute atomic E-state index is 11.8. The van der Waals surface area contributed by atoms with Gasteiger partial charge in [-0.25, -0.2) is 4.79 Å². The first-order valence-corrected chi connectivity index (χ1v) is 8.36. The summed E-state index contributed by atoms with van der Waals surface area (Å²) in [6.07, 6.45) is 1.80. The Morgan fingerprint density at radius 2 is 1.68 bits per heavy atom. The molecule has 0 spiro atoms. The predicted octanol–water partition coefficient (Wildman–Crippen LogP) is 3.04. The summed E-state index contributed by atoms with van der Waals surface area (Å²) in [6.45, 7) is 1.66. The fourth-order valence-electron chi connectivity index (χ4n) is 2.35. The van der Waals surface area contributed by atoms with Gasteiger partial charge in [0.1, 0.15) is 0 Å². The molecule has 0 aliphatic rings. The third kappa shape index (κ3) is 7.18. The molecule has 0 fully saturated rings. The SMILES string of the molecule is O=C(CCCOCc1ccccc1)NCCc1ccc(C(=O)O)cc1. The molecule has 0 bridgehead atoms.